The van der Waals surface area contributed by atoms with Crippen LogP contribution in [0.5, 0.6) is 0 Å². The lowest BCUT2D eigenvalue weighted by atomic mass is 9.84. The van der Waals surface area contributed by atoms with E-state index in [1.807, 2.05) is 66.9 Å². The largest absolute Gasteiger partial charge is 0.255 e. The Kier molecular flexibility index (Phi) is 1.74. The molecule has 5 rings (SSSR count). The van der Waals surface area contributed by atoms with Crippen molar-refractivity contribution in [2.24, 2.45) is 0 Å². The van der Waals surface area contributed by atoms with E-state index in [4.69, 9.17) is 2.74 Å². The van der Waals surface area contributed by atoms with Crippen molar-refractivity contribution in [2.45, 2.75) is 6.37 Å². The molecule has 1 aliphatic carbocycles. The van der Waals surface area contributed by atoms with E-state index in [1.54, 1.807) is 0 Å². The number of nitrogens with zero attached hydrogens (tertiary/aromatic N) is 1. The van der Waals surface area contributed by atoms with Crippen LogP contribution in [0.15, 0.2) is 66.9 Å². The zero-order chi connectivity index (χ0) is 15.6. The average Bonchev–Trinajstić information content (AvgIpc) is 2.59. The van der Waals surface area contributed by atoms with E-state index in [1.165, 1.54) is 0 Å². The molecule has 0 atom stereocenters. The summed E-state index contributed by atoms with van der Waals surface area (Å²) in [7, 11) is 0. The van der Waals surface area contributed by atoms with Gasteiger partial charge in [0, 0.05) is 26.3 Å². The second-order valence-corrected chi connectivity index (χ2v) is 5.40. The average molecular weight is 269 g/mol. The summed E-state index contributed by atoms with van der Waals surface area (Å²) < 4.78 is 17.7. The number of hydrogen-bond donors (Lipinski definition) is 0. The van der Waals surface area contributed by atoms with Gasteiger partial charge in [0.05, 0.1) is 5.69 Å². The topological polar surface area (TPSA) is 12.9 Å². The fraction of sp³-hybridized carbons (Fsp3) is 0.0500. The van der Waals surface area contributed by atoms with Crippen molar-refractivity contribution in [3.05, 3.63) is 78.0 Å². The van der Waals surface area contributed by atoms with Gasteiger partial charge in [-0.15, -0.1) is 0 Å². The lowest BCUT2D eigenvalue weighted by molar-refractivity contribution is 1.17. The molecule has 0 spiro atoms. The van der Waals surface area contributed by atoms with Gasteiger partial charge in [-0.3, -0.25) is 4.98 Å². The first-order valence-corrected chi connectivity index (χ1v) is 7.09. The van der Waals surface area contributed by atoms with Crippen LogP contribution in [0.4, 0.5) is 0 Å². The number of pyridine rings is 1. The fourth-order valence-corrected chi connectivity index (χ4v) is 3.27. The van der Waals surface area contributed by atoms with Crippen molar-refractivity contribution in [1.29, 1.82) is 0 Å². The maximum absolute atomic E-state index is 8.83. The molecule has 0 saturated carbocycles. The van der Waals surface area contributed by atoms with Gasteiger partial charge in [0.15, 0.2) is 0 Å². The molecule has 21 heavy (non-hydrogen) atoms. The molecule has 0 bridgehead atoms. The van der Waals surface area contributed by atoms with Gasteiger partial charge in [-0.25, -0.2) is 0 Å². The molecule has 1 aliphatic rings. The number of rotatable bonds is 0. The summed E-state index contributed by atoms with van der Waals surface area (Å²) in [6, 6.07) is 19.9. The van der Waals surface area contributed by atoms with Gasteiger partial charge in [0.25, 0.3) is 0 Å². The maximum Gasteiger partial charge on any atom is 0.0750 e. The summed E-state index contributed by atoms with van der Waals surface area (Å²) in [5, 5.41) is 3.95. The van der Waals surface area contributed by atoms with E-state index >= 15 is 0 Å². The lowest BCUT2D eigenvalue weighted by Crippen LogP contribution is -2.03. The van der Waals surface area contributed by atoms with E-state index in [9.17, 15) is 0 Å². The van der Waals surface area contributed by atoms with Crippen molar-refractivity contribution >= 4 is 21.5 Å². The van der Waals surface area contributed by atoms with Crippen LogP contribution in [0.3, 0.4) is 0 Å². The van der Waals surface area contributed by atoms with Crippen molar-refractivity contribution in [1.82, 2.24) is 4.98 Å². The number of aromatic nitrogens is 1. The first kappa shape index (κ1) is 9.30. The van der Waals surface area contributed by atoms with Crippen LogP contribution in [0.25, 0.3) is 32.8 Å². The molecule has 1 aromatic heterocycles. The quantitative estimate of drug-likeness (QED) is 0.439. The standard InChI is InChI=1S/C20H13N/c1-2-9-16-15(5-1)12-21-20-17-10-4-7-13-6-3-8-14(19(13)17)11-18(16)20/h1-10,12H,11H2/i11D2. The minimum absolute atomic E-state index is 0.682. The van der Waals surface area contributed by atoms with E-state index in [0.29, 0.717) is 5.56 Å². The zero-order valence-corrected chi connectivity index (χ0v) is 11.3. The van der Waals surface area contributed by atoms with Crippen molar-refractivity contribution < 1.29 is 2.74 Å². The van der Waals surface area contributed by atoms with Crippen LogP contribution < -0.4 is 0 Å². The highest BCUT2D eigenvalue weighted by Crippen LogP contribution is 2.40. The Bertz CT molecular complexity index is 1090. The van der Waals surface area contributed by atoms with Gasteiger partial charge in [-0.1, -0.05) is 60.7 Å². The number of hydrogen-bond acceptors (Lipinski definition) is 1. The highest BCUT2D eigenvalue weighted by molar-refractivity contribution is 6.04. The van der Waals surface area contributed by atoms with Crippen molar-refractivity contribution in [3.8, 4) is 11.3 Å². The second-order valence-electron chi connectivity index (χ2n) is 5.40. The second kappa shape index (κ2) is 3.92. The third kappa shape index (κ3) is 1.43. The molecule has 0 saturated heterocycles. The SMILES string of the molecule is [2H]C1([2H])c2c(ncc3ccccc23)-c2cccc3cccc1c23. The Morgan fingerprint density at radius 1 is 0.857 bits per heavy atom. The van der Waals surface area contributed by atoms with Crippen LogP contribution >= 0.6 is 0 Å². The Hall–Kier alpha value is -2.67. The highest BCUT2D eigenvalue weighted by Gasteiger charge is 2.20. The van der Waals surface area contributed by atoms with Gasteiger partial charge in [0.1, 0.15) is 0 Å². The molecule has 4 aromatic rings. The minimum atomic E-state index is -1.56. The van der Waals surface area contributed by atoms with E-state index < -0.39 is 6.37 Å². The monoisotopic (exact) mass is 269 g/mol. The Balaban J connectivity index is 2.07. The van der Waals surface area contributed by atoms with Gasteiger partial charge in [-0.05, 0) is 27.3 Å². The third-order valence-electron chi connectivity index (χ3n) is 4.22. The van der Waals surface area contributed by atoms with Crippen LogP contribution in [-0.4, -0.2) is 4.98 Å². The smallest absolute Gasteiger partial charge is 0.0750 e. The molecule has 1 heteroatoms. The molecule has 0 amide bonds. The summed E-state index contributed by atoms with van der Waals surface area (Å²) in [5.74, 6) is 0. The molecule has 3 aromatic carbocycles. The lowest BCUT2D eigenvalue weighted by Gasteiger charge is -2.21. The molecule has 0 unspecified atom stereocenters. The Morgan fingerprint density at radius 2 is 1.67 bits per heavy atom. The summed E-state index contributed by atoms with van der Waals surface area (Å²) in [6.07, 6.45) is 0.286. The molecular weight excluding hydrogens is 254 g/mol. The first-order valence-electron chi connectivity index (χ1n) is 8.09. The highest BCUT2D eigenvalue weighted by atomic mass is 14.7. The van der Waals surface area contributed by atoms with Gasteiger partial charge in [0.2, 0.25) is 0 Å². The molecule has 0 radical (unpaired) electrons. The third-order valence-corrected chi connectivity index (χ3v) is 4.22. The maximum atomic E-state index is 8.83. The molecule has 1 heterocycles. The van der Waals surface area contributed by atoms with Crippen LogP contribution in [-0.2, 0) is 6.37 Å². The summed E-state index contributed by atoms with van der Waals surface area (Å²) in [6.45, 7) is 0. The van der Waals surface area contributed by atoms with Crippen molar-refractivity contribution in [2.75, 3.05) is 0 Å². The first-order chi connectivity index (χ1) is 11.2. The molecule has 0 N–H and O–H groups in total. The van der Waals surface area contributed by atoms with E-state index in [-0.39, 0.29) is 0 Å². The minimum Gasteiger partial charge on any atom is -0.255 e. The Morgan fingerprint density at radius 3 is 2.62 bits per heavy atom. The number of benzene rings is 3. The van der Waals surface area contributed by atoms with Crippen molar-refractivity contribution in [3.63, 3.8) is 0 Å². The molecule has 0 aliphatic heterocycles. The summed E-state index contributed by atoms with van der Waals surface area (Å²) in [5.41, 5.74) is 3.20. The zero-order valence-electron chi connectivity index (χ0n) is 13.3. The van der Waals surface area contributed by atoms with E-state index in [2.05, 4.69) is 4.98 Å². The van der Waals surface area contributed by atoms with E-state index in [0.717, 1.165) is 38.4 Å². The molecule has 1 nitrogen and oxygen atoms in total. The number of fused-ring (bicyclic) bond motifs is 4. The van der Waals surface area contributed by atoms with Gasteiger partial charge < -0.3 is 0 Å². The molecular formula is C20H13N. The predicted octanol–water partition coefficient (Wildman–Crippen LogP) is 4.96. The van der Waals surface area contributed by atoms with Crippen LogP contribution in [0, 0.1) is 0 Å². The summed E-state index contributed by atoms with van der Waals surface area (Å²) >= 11 is 0. The Labute approximate surface area is 125 Å². The summed E-state index contributed by atoms with van der Waals surface area (Å²) in [4.78, 5) is 4.63. The molecule has 98 valence electrons. The normalized spacial score (nSPS) is 16.4. The predicted molar refractivity (Wildman–Crippen MR) is 87.5 cm³/mol. The van der Waals surface area contributed by atoms with Crippen LogP contribution in [0.1, 0.15) is 13.9 Å². The fourth-order valence-electron chi connectivity index (χ4n) is 3.27. The van der Waals surface area contributed by atoms with Gasteiger partial charge in [-0.2, -0.15) is 0 Å². The van der Waals surface area contributed by atoms with Crippen LogP contribution in [0.2, 0.25) is 0 Å². The molecule has 0 fully saturated rings. The van der Waals surface area contributed by atoms with Gasteiger partial charge >= 0.3 is 0 Å².